The summed E-state index contributed by atoms with van der Waals surface area (Å²) in [6.07, 6.45) is 1.90. The third-order valence-electron chi connectivity index (χ3n) is 3.00. The van der Waals surface area contributed by atoms with Crippen molar-refractivity contribution < 1.29 is 4.79 Å². The highest BCUT2D eigenvalue weighted by atomic mass is 79.9. The third-order valence-corrected chi connectivity index (χ3v) is 4.23. The SMILES string of the molecule is CNC1CCCN(c2ccc(Br)c(Cl)c2)C1=O. The second-order valence-electron chi connectivity index (χ2n) is 4.07. The van der Waals surface area contributed by atoms with Gasteiger partial charge in [-0.3, -0.25) is 4.79 Å². The van der Waals surface area contributed by atoms with Gasteiger partial charge < -0.3 is 10.2 Å². The Morgan fingerprint density at radius 3 is 2.94 bits per heavy atom. The van der Waals surface area contributed by atoms with Crippen LogP contribution in [-0.2, 0) is 4.79 Å². The second-order valence-corrected chi connectivity index (χ2v) is 5.33. The molecule has 2 rings (SSSR count). The van der Waals surface area contributed by atoms with Gasteiger partial charge in [0.05, 0.1) is 11.1 Å². The first-order valence-electron chi connectivity index (χ1n) is 5.57. The van der Waals surface area contributed by atoms with Crippen molar-refractivity contribution in [2.24, 2.45) is 0 Å². The maximum Gasteiger partial charge on any atom is 0.244 e. The van der Waals surface area contributed by atoms with Crippen LogP contribution in [0.1, 0.15) is 12.8 Å². The highest BCUT2D eigenvalue weighted by Gasteiger charge is 2.28. The van der Waals surface area contributed by atoms with Gasteiger partial charge in [0.15, 0.2) is 0 Å². The van der Waals surface area contributed by atoms with Crippen LogP contribution in [0.25, 0.3) is 0 Å². The molecule has 3 nitrogen and oxygen atoms in total. The van der Waals surface area contributed by atoms with Crippen LogP contribution >= 0.6 is 27.5 Å². The number of rotatable bonds is 2. The molecule has 0 spiro atoms. The third kappa shape index (κ3) is 2.64. The monoisotopic (exact) mass is 316 g/mol. The molecule has 1 saturated heterocycles. The lowest BCUT2D eigenvalue weighted by Gasteiger charge is -2.32. The zero-order valence-corrected chi connectivity index (χ0v) is 11.9. The Kier molecular flexibility index (Phi) is 4.07. The minimum Gasteiger partial charge on any atom is -0.311 e. The van der Waals surface area contributed by atoms with Crippen molar-refractivity contribution in [2.75, 3.05) is 18.5 Å². The molecule has 17 heavy (non-hydrogen) atoms. The van der Waals surface area contributed by atoms with E-state index in [-0.39, 0.29) is 11.9 Å². The Labute approximate surface area is 114 Å². The van der Waals surface area contributed by atoms with Crippen molar-refractivity contribution in [2.45, 2.75) is 18.9 Å². The highest BCUT2D eigenvalue weighted by Crippen LogP contribution is 2.29. The van der Waals surface area contributed by atoms with Crippen LogP contribution < -0.4 is 10.2 Å². The minimum absolute atomic E-state index is 0.0776. The lowest BCUT2D eigenvalue weighted by atomic mass is 10.0. The number of carbonyl (C=O) groups is 1. The fourth-order valence-corrected chi connectivity index (χ4v) is 2.47. The van der Waals surface area contributed by atoms with Gasteiger partial charge in [-0.2, -0.15) is 0 Å². The summed E-state index contributed by atoms with van der Waals surface area (Å²) >= 11 is 9.40. The van der Waals surface area contributed by atoms with Gasteiger partial charge in [0.25, 0.3) is 0 Å². The van der Waals surface area contributed by atoms with Crippen LogP contribution in [0.15, 0.2) is 22.7 Å². The molecule has 0 radical (unpaired) electrons. The molecule has 1 heterocycles. The van der Waals surface area contributed by atoms with Crippen LogP contribution in [0.3, 0.4) is 0 Å². The second kappa shape index (κ2) is 5.38. The number of benzene rings is 1. The molecule has 5 heteroatoms. The zero-order chi connectivity index (χ0) is 12.4. The number of anilines is 1. The fourth-order valence-electron chi connectivity index (χ4n) is 2.05. The largest absolute Gasteiger partial charge is 0.311 e. The van der Waals surface area contributed by atoms with E-state index < -0.39 is 0 Å². The number of hydrogen-bond donors (Lipinski definition) is 1. The predicted octanol–water partition coefficient (Wildman–Crippen LogP) is 2.82. The first-order valence-corrected chi connectivity index (χ1v) is 6.74. The molecule has 1 N–H and O–H groups in total. The van der Waals surface area contributed by atoms with Gasteiger partial charge in [-0.05, 0) is 54.0 Å². The Morgan fingerprint density at radius 1 is 1.53 bits per heavy atom. The summed E-state index contributed by atoms with van der Waals surface area (Å²) in [5, 5.41) is 3.67. The molecule has 92 valence electrons. The molecular weight excluding hydrogens is 304 g/mol. The Hall–Kier alpha value is -0.580. The summed E-state index contributed by atoms with van der Waals surface area (Å²) in [6, 6.07) is 5.52. The molecule has 0 bridgehead atoms. The van der Waals surface area contributed by atoms with Crippen LogP contribution in [0, 0.1) is 0 Å². The number of piperidine rings is 1. The molecule has 1 aliphatic heterocycles. The number of nitrogens with zero attached hydrogens (tertiary/aromatic N) is 1. The van der Waals surface area contributed by atoms with E-state index in [2.05, 4.69) is 21.2 Å². The molecule has 1 fully saturated rings. The summed E-state index contributed by atoms with van der Waals surface area (Å²) in [7, 11) is 1.82. The highest BCUT2D eigenvalue weighted by molar-refractivity contribution is 9.10. The zero-order valence-electron chi connectivity index (χ0n) is 9.54. The molecule has 1 aliphatic rings. The smallest absolute Gasteiger partial charge is 0.244 e. The quantitative estimate of drug-likeness (QED) is 0.910. The number of carbonyl (C=O) groups excluding carboxylic acids is 1. The van der Waals surface area contributed by atoms with Gasteiger partial charge in [0, 0.05) is 16.7 Å². The van der Waals surface area contributed by atoms with Crippen molar-refractivity contribution in [1.82, 2.24) is 5.32 Å². The first kappa shape index (κ1) is 12.9. The number of hydrogen-bond acceptors (Lipinski definition) is 2. The van der Waals surface area contributed by atoms with E-state index in [9.17, 15) is 4.79 Å². The number of nitrogens with one attached hydrogen (secondary N) is 1. The van der Waals surface area contributed by atoms with Crippen molar-refractivity contribution in [3.63, 3.8) is 0 Å². The van der Waals surface area contributed by atoms with Gasteiger partial charge in [0.2, 0.25) is 5.91 Å². The van der Waals surface area contributed by atoms with Crippen LogP contribution in [0.2, 0.25) is 5.02 Å². The van der Waals surface area contributed by atoms with Gasteiger partial charge in [-0.25, -0.2) is 0 Å². The predicted molar refractivity (Wildman–Crippen MR) is 73.6 cm³/mol. The van der Waals surface area contributed by atoms with Gasteiger partial charge in [-0.1, -0.05) is 11.6 Å². The molecule has 1 aromatic rings. The van der Waals surface area contributed by atoms with E-state index in [1.807, 2.05) is 25.2 Å². The van der Waals surface area contributed by atoms with E-state index in [4.69, 9.17) is 11.6 Å². The average molecular weight is 318 g/mol. The molecule has 1 unspecified atom stereocenters. The molecule has 0 aliphatic carbocycles. The fraction of sp³-hybridized carbons (Fsp3) is 0.417. The van der Waals surface area contributed by atoms with E-state index >= 15 is 0 Å². The van der Waals surface area contributed by atoms with E-state index in [0.29, 0.717) is 5.02 Å². The van der Waals surface area contributed by atoms with Crippen LogP contribution in [0.4, 0.5) is 5.69 Å². The summed E-state index contributed by atoms with van der Waals surface area (Å²) in [6.45, 7) is 0.759. The molecule has 1 atom stereocenters. The van der Waals surface area contributed by atoms with Gasteiger partial charge >= 0.3 is 0 Å². The first-order chi connectivity index (χ1) is 8.13. The van der Waals surface area contributed by atoms with Crippen molar-refractivity contribution in [3.8, 4) is 0 Å². The molecular formula is C12H14BrClN2O. The van der Waals surface area contributed by atoms with E-state index in [1.54, 1.807) is 4.90 Å². The van der Waals surface area contributed by atoms with Crippen LogP contribution in [-0.4, -0.2) is 25.5 Å². The van der Waals surface area contributed by atoms with E-state index in [1.165, 1.54) is 0 Å². The van der Waals surface area contributed by atoms with Crippen LogP contribution in [0.5, 0.6) is 0 Å². The summed E-state index contributed by atoms with van der Waals surface area (Å²) in [5.41, 5.74) is 0.864. The standard InChI is InChI=1S/C12H14BrClN2O/c1-15-11-3-2-6-16(12(11)17)8-4-5-9(13)10(14)7-8/h4-5,7,11,15H,2-3,6H2,1H3. The minimum atomic E-state index is -0.0776. The summed E-state index contributed by atoms with van der Waals surface area (Å²) in [4.78, 5) is 14.0. The number of amides is 1. The average Bonchev–Trinajstić information content (AvgIpc) is 2.33. The maximum absolute atomic E-state index is 12.2. The van der Waals surface area contributed by atoms with E-state index in [0.717, 1.165) is 29.5 Å². The lowest BCUT2D eigenvalue weighted by molar-refractivity contribution is -0.121. The molecule has 0 aromatic heterocycles. The lowest BCUT2D eigenvalue weighted by Crippen LogP contribution is -2.49. The molecule has 1 amide bonds. The summed E-state index contributed by atoms with van der Waals surface area (Å²) in [5.74, 6) is 0.122. The maximum atomic E-state index is 12.2. The Balaban J connectivity index is 2.26. The topological polar surface area (TPSA) is 32.3 Å². The Bertz CT molecular complexity index is 439. The molecule has 1 aromatic carbocycles. The van der Waals surface area contributed by atoms with Crippen molar-refractivity contribution >= 4 is 39.1 Å². The Morgan fingerprint density at radius 2 is 2.29 bits per heavy atom. The van der Waals surface area contributed by atoms with Gasteiger partial charge in [0.1, 0.15) is 0 Å². The normalized spacial score (nSPS) is 20.8. The summed E-state index contributed by atoms with van der Waals surface area (Å²) < 4.78 is 0.845. The van der Waals surface area contributed by atoms with Crippen molar-refractivity contribution in [1.29, 1.82) is 0 Å². The van der Waals surface area contributed by atoms with Crippen molar-refractivity contribution in [3.05, 3.63) is 27.7 Å². The number of likely N-dealkylation sites (N-methyl/N-ethyl adjacent to an activating group) is 1. The van der Waals surface area contributed by atoms with Gasteiger partial charge in [-0.15, -0.1) is 0 Å². The molecule has 0 saturated carbocycles. The number of halogens is 2.